The van der Waals surface area contributed by atoms with Crippen LogP contribution in [0.2, 0.25) is 0 Å². The molecule has 0 saturated carbocycles. The van der Waals surface area contributed by atoms with Gasteiger partial charge < -0.3 is 9.84 Å². The molecule has 2 aromatic heterocycles. The van der Waals surface area contributed by atoms with E-state index >= 15 is 0 Å². The number of aromatic nitrogens is 2. The Balaban J connectivity index is 2.00. The van der Waals surface area contributed by atoms with Crippen LogP contribution >= 0.6 is 11.3 Å². The molecule has 0 radical (unpaired) electrons. The van der Waals surface area contributed by atoms with E-state index in [1.807, 2.05) is 44.2 Å². The Bertz CT molecular complexity index is 1110. The summed E-state index contributed by atoms with van der Waals surface area (Å²) in [4.78, 5) is 27.8. The molecule has 27 heavy (non-hydrogen) atoms. The number of ether oxygens (including phenoxy) is 1. The quantitative estimate of drug-likeness (QED) is 0.745. The zero-order valence-corrected chi connectivity index (χ0v) is 16.2. The van der Waals surface area contributed by atoms with Crippen LogP contribution in [-0.2, 0) is 30.9 Å². The number of aliphatic hydroxyl groups is 1. The number of hydrogen-bond donors (Lipinski definition) is 1. The van der Waals surface area contributed by atoms with Crippen molar-refractivity contribution in [2.24, 2.45) is 0 Å². The SMILES string of the molecule is CC1(C)Cc2c(sc3c2c(=O)n(CCO)c(=O)n3Cc2ccccc2)CO1. The van der Waals surface area contributed by atoms with Gasteiger partial charge in [-0.3, -0.25) is 13.9 Å². The van der Waals surface area contributed by atoms with Crippen molar-refractivity contribution >= 4 is 21.6 Å². The summed E-state index contributed by atoms with van der Waals surface area (Å²) in [5, 5.41) is 9.96. The van der Waals surface area contributed by atoms with E-state index in [0.29, 0.717) is 29.8 Å². The van der Waals surface area contributed by atoms with Gasteiger partial charge in [-0.05, 0) is 25.0 Å². The molecular formula is C20H22N2O4S. The van der Waals surface area contributed by atoms with Gasteiger partial charge in [0.2, 0.25) is 0 Å². The van der Waals surface area contributed by atoms with Gasteiger partial charge in [-0.2, -0.15) is 0 Å². The molecule has 0 amide bonds. The number of hydrogen-bond acceptors (Lipinski definition) is 5. The molecule has 1 aliphatic heterocycles. The van der Waals surface area contributed by atoms with Crippen molar-refractivity contribution in [1.29, 1.82) is 0 Å². The molecule has 3 aromatic rings. The Morgan fingerprint density at radius 3 is 2.63 bits per heavy atom. The Labute approximate surface area is 160 Å². The van der Waals surface area contributed by atoms with Gasteiger partial charge in [0.1, 0.15) is 4.83 Å². The third kappa shape index (κ3) is 3.16. The smallest absolute Gasteiger partial charge is 0.332 e. The average molecular weight is 386 g/mol. The summed E-state index contributed by atoms with van der Waals surface area (Å²) in [5.41, 5.74) is 0.908. The van der Waals surface area contributed by atoms with E-state index in [0.717, 1.165) is 20.6 Å². The van der Waals surface area contributed by atoms with Gasteiger partial charge in [0.25, 0.3) is 5.56 Å². The van der Waals surface area contributed by atoms with E-state index in [2.05, 4.69) is 0 Å². The first kappa shape index (κ1) is 18.2. The molecule has 0 fully saturated rings. The molecule has 0 atom stereocenters. The highest BCUT2D eigenvalue weighted by molar-refractivity contribution is 7.18. The summed E-state index contributed by atoms with van der Waals surface area (Å²) in [6, 6.07) is 9.70. The maximum absolute atomic E-state index is 13.1. The summed E-state index contributed by atoms with van der Waals surface area (Å²) in [7, 11) is 0. The van der Waals surface area contributed by atoms with Gasteiger partial charge in [0.15, 0.2) is 0 Å². The van der Waals surface area contributed by atoms with E-state index in [9.17, 15) is 14.7 Å². The molecule has 7 heteroatoms. The van der Waals surface area contributed by atoms with Crippen molar-refractivity contribution in [3.05, 3.63) is 67.2 Å². The van der Waals surface area contributed by atoms with Crippen LogP contribution in [-0.4, -0.2) is 26.4 Å². The maximum Gasteiger partial charge on any atom is 0.332 e. The molecule has 1 aromatic carbocycles. The lowest BCUT2D eigenvalue weighted by Gasteiger charge is -2.29. The second-order valence-corrected chi connectivity index (χ2v) is 8.53. The number of aliphatic hydroxyl groups excluding tert-OH is 1. The highest BCUT2D eigenvalue weighted by Crippen LogP contribution is 2.37. The van der Waals surface area contributed by atoms with E-state index in [-0.39, 0.29) is 30.0 Å². The number of benzene rings is 1. The predicted molar refractivity (Wildman–Crippen MR) is 106 cm³/mol. The minimum absolute atomic E-state index is 0.00703. The Morgan fingerprint density at radius 2 is 1.93 bits per heavy atom. The first-order valence-electron chi connectivity index (χ1n) is 8.98. The highest BCUT2D eigenvalue weighted by atomic mass is 32.1. The van der Waals surface area contributed by atoms with Crippen LogP contribution in [0.1, 0.15) is 29.9 Å². The van der Waals surface area contributed by atoms with Gasteiger partial charge >= 0.3 is 5.69 Å². The van der Waals surface area contributed by atoms with Crippen molar-refractivity contribution in [3.63, 3.8) is 0 Å². The van der Waals surface area contributed by atoms with E-state index in [1.165, 1.54) is 11.3 Å². The van der Waals surface area contributed by atoms with Gasteiger partial charge in [0.05, 0.1) is 37.3 Å². The molecule has 142 valence electrons. The van der Waals surface area contributed by atoms with E-state index in [4.69, 9.17) is 4.74 Å². The molecule has 0 unspecified atom stereocenters. The molecule has 0 saturated heterocycles. The third-order valence-corrected chi connectivity index (χ3v) is 6.17. The first-order chi connectivity index (χ1) is 12.9. The molecule has 3 heterocycles. The third-order valence-electron chi connectivity index (χ3n) is 4.94. The summed E-state index contributed by atoms with van der Waals surface area (Å²) in [6.45, 7) is 4.57. The summed E-state index contributed by atoms with van der Waals surface area (Å²) >= 11 is 1.46. The van der Waals surface area contributed by atoms with Crippen LogP contribution in [0, 0.1) is 0 Å². The molecule has 6 nitrogen and oxygen atoms in total. The summed E-state index contributed by atoms with van der Waals surface area (Å²) in [6.07, 6.45) is 0.625. The van der Waals surface area contributed by atoms with Crippen molar-refractivity contribution in [2.45, 2.75) is 45.6 Å². The van der Waals surface area contributed by atoms with Crippen molar-refractivity contribution in [1.82, 2.24) is 9.13 Å². The molecule has 4 rings (SSSR count). The zero-order valence-electron chi connectivity index (χ0n) is 15.4. The first-order valence-corrected chi connectivity index (χ1v) is 9.79. The van der Waals surface area contributed by atoms with Crippen molar-refractivity contribution in [3.8, 4) is 0 Å². The topological polar surface area (TPSA) is 73.5 Å². The average Bonchev–Trinajstić information content (AvgIpc) is 3.00. The van der Waals surface area contributed by atoms with Crippen LogP contribution in [0.15, 0.2) is 39.9 Å². The number of fused-ring (bicyclic) bond motifs is 3. The molecule has 1 aliphatic rings. The van der Waals surface area contributed by atoms with Gasteiger partial charge in [0, 0.05) is 11.3 Å². The molecule has 1 N–H and O–H groups in total. The van der Waals surface area contributed by atoms with Crippen molar-refractivity contribution in [2.75, 3.05) is 6.61 Å². The van der Waals surface area contributed by atoms with Crippen LogP contribution in [0.3, 0.4) is 0 Å². The largest absolute Gasteiger partial charge is 0.395 e. The summed E-state index contributed by atoms with van der Waals surface area (Å²) < 4.78 is 8.71. The monoisotopic (exact) mass is 386 g/mol. The maximum atomic E-state index is 13.1. The number of rotatable bonds is 4. The molecule has 0 bridgehead atoms. The highest BCUT2D eigenvalue weighted by Gasteiger charge is 2.31. The van der Waals surface area contributed by atoms with Crippen LogP contribution in [0.5, 0.6) is 0 Å². The van der Waals surface area contributed by atoms with Crippen LogP contribution in [0.4, 0.5) is 0 Å². The fraction of sp³-hybridized carbons (Fsp3) is 0.400. The fourth-order valence-electron chi connectivity index (χ4n) is 3.61. The lowest BCUT2D eigenvalue weighted by molar-refractivity contribution is -0.0379. The minimum Gasteiger partial charge on any atom is -0.395 e. The Hall–Kier alpha value is -2.22. The fourth-order valence-corrected chi connectivity index (χ4v) is 4.82. The molecule has 0 aliphatic carbocycles. The summed E-state index contributed by atoms with van der Waals surface area (Å²) in [5.74, 6) is 0. The van der Waals surface area contributed by atoms with Gasteiger partial charge in [-0.25, -0.2) is 4.79 Å². The number of nitrogens with zero attached hydrogens (tertiary/aromatic N) is 2. The van der Waals surface area contributed by atoms with E-state index < -0.39 is 0 Å². The zero-order chi connectivity index (χ0) is 19.2. The van der Waals surface area contributed by atoms with Crippen LogP contribution < -0.4 is 11.2 Å². The number of thiophene rings is 1. The second-order valence-electron chi connectivity index (χ2n) is 7.44. The standard InChI is InChI=1S/C20H22N2O4S/c1-20(2)10-14-15(12-26-20)27-18-16(14)17(24)21(8-9-23)19(25)22(18)11-13-6-4-3-5-7-13/h3-7,23H,8-12H2,1-2H3. The Kier molecular flexibility index (Phi) is 4.53. The minimum atomic E-state index is -0.385. The normalized spacial score (nSPS) is 15.8. The lowest BCUT2D eigenvalue weighted by atomic mass is 9.94. The van der Waals surface area contributed by atoms with Crippen LogP contribution in [0.25, 0.3) is 10.2 Å². The predicted octanol–water partition coefficient (Wildman–Crippen LogP) is 2.12. The Morgan fingerprint density at radius 1 is 1.19 bits per heavy atom. The lowest BCUT2D eigenvalue weighted by Crippen LogP contribution is -2.41. The van der Waals surface area contributed by atoms with E-state index in [1.54, 1.807) is 4.57 Å². The second kappa shape index (κ2) is 6.74. The van der Waals surface area contributed by atoms with Gasteiger partial charge in [-0.1, -0.05) is 30.3 Å². The molecule has 0 spiro atoms. The molecular weight excluding hydrogens is 364 g/mol. The van der Waals surface area contributed by atoms with Gasteiger partial charge in [-0.15, -0.1) is 11.3 Å². The van der Waals surface area contributed by atoms with Crippen molar-refractivity contribution < 1.29 is 9.84 Å².